The second kappa shape index (κ2) is 4.26. The molecule has 1 aromatic carbocycles. The maximum Gasteiger partial charge on any atom is 0.291 e. The number of nitro groups is 1. The first-order chi connectivity index (χ1) is 6.60. The van der Waals surface area contributed by atoms with E-state index in [0.29, 0.717) is 5.75 Å². The second-order valence-corrected chi connectivity index (χ2v) is 2.91. The topological polar surface area (TPSA) is 72.6 Å². The van der Waals surface area contributed by atoms with Gasteiger partial charge < -0.3 is 9.84 Å². The summed E-state index contributed by atoms with van der Waals surface area (Å²) in [6.07, 6.45) is 0. The van der Waals surface area contributed by atoms with Crippen LogP contribution in [0.25, 0.3) is 0 Å². The van der Waals surface area contributed by atoms with E-state index in [4.69, 9.17) is 21.4 Å². The van der Waals surface area contributed by atoms with Crippen molar-refractivity contribution < 1.29 is 14.8 Å². The third-order valence-corrected chi connectivity index (χ3v) is 2.14. The fourth-order valence-corrected chi connectivity index (χ4v) is 1.24. The van der Waals surface area contributed by atoms with Gasteiger partial charge in [-0.2, -0.15) is 0 Å². The smallest absolute Gasteiger partial charge is 0.291 e. The van der Waals surface area contributed by atoms with Crippen LogP contribution in [-0.4, -0.2) is 17.1 Å². The lowest BCUT2D eigenvalue weighted by Crippen LogP contribution is -1.95. The van der Waals surface area contributed by atoms with Gasteiger partial charge in [0.2, 0.25) is 0 Å². The monoisotopic (exact) mass is 217 g/mol. The van der Waals surface area contributed by atoms with Crippen molar-refractivity contribution in [1.82, 2.24) is 0 Å². The third kappa shape index (κ3) is 1.94. The minimum absolute atomic E-state index is 0.0571. The summed E-state index contributed by atoms with van der Waals surface area (Å²) in [5.74, 6) is 0.296. The van der Waals surface area contributed by atoms with Crippen LogP contribution in [0.5, 0.6) is 5.75 Å². The zero-order valence-electron chi connectivity index (χ0n) is 7.36. The molecule has 1 N–H and O–H groups in total. The van der Waals surface area contributed by atoms with Crippen molar-refractivity contribution in [3.8, 4) is 5.75 Å². The molecule has 0 amide bonds. The average Bonchev–Trinajstić information content (AvgIpc) is 2.17. The van der Waals surface area contributed by atoms with E-state index in [1.807, 2.05) is 0 Å². The number of hydrogen-bond acceptors (Lipinski definition) is 4. The molecule has 0 bridgehead atoms. The van der Waals surface area contributed by atoms with Crippen molar-refractivity contribution in [2.24, 2.45) is 0 Å². The zero-order valence-corrected chi connectivity index (χ0v) is 8.11. The van der Waals surface area contributed by atoms with Gasteiger partial charge in [-0.25, -0.2) is 0 Å². The first-order valence-electron chi connectivity index (χ1n) is 3.71. The van der Waals surface area contributed by atoms with Crippen LogP contribution in [0.15, 0.2) is 12.1 Å². The van der Waals surface area contributed by atoms with Crippen LogP contribution < -0.4 is 4.74 Å². The molecule has 1 rings (SSSR count). The summed E-state index contributed by atoms with van der Waals surface area (Å²) in [7, 11) is 1.38. The minimum atomic E-state index is -0.621. The summed E-state index contributed by atoms with van der Waals surface area (Å²) in [4.78, 5) is 9.92. The Labute approximate surface area is 85.0 Å². The van der Waals surface area contributed by atoms with Gasteiger partial charge in [0.1, 0.15) is 10.8 Å². The quantitative estimate of drug-likeness (QED) is 0.618. The summed E-state index contributed by atoms with van der Waals surface area (Å²) in [6.45, 7) is -0.364. The summed E-state index contributed by atoms with van der Waals surface area (Å²) < 4.78 is 4.83. The summed E-state index contributed by atoms with van der Waals surface area (Å²) in [6, 6.07) is 2.66. The molecule has 0 unspecified atom stereocenters. The fourth-order valence-electron chi connectivity index (χ4n) is 1.01. The largest absolute Gasteiger partial charge is 0.496 e. The number of aliphatic hydroxyl groups is 1. The van der Waals surface area contributed by atoms with E-state index < -0.39 is 4.92 Å². The zero-order chi connectivity index (χ0) is 10.7. The molecule has 0 saturated carbocycles. The van der Waals surface area contributed by atoms with Crippen LogP contribution in [-0.2, 0) is 6.61 Å². The van der Waals surface area contributed by atoms with Gasteiger partial charge in [0.15, 0.2) is 0 Å². The predicted molar refractivity (Wildman–Crippen MR) is 50.6 cm³/mol. The maximum atomic E-state index is 10.5. The SMILES string of the molecule is COc1cc(CO)c(Cl)c([N+](=O)[O-])c1. The Balaban J connectivity index is 3.34. The molecule has 5 nitrogen and oxygen atoms in total. The van der Waals surface area contributed by atoms with Crippen molar-refractivity contribution in [3.63, 3.8) is 0 Å². The Morgan fingerprint density at radius 3 is 2.71 bits per heavy atom. The molecule has 1 aromatic rings. The van der Waals surface area contributed by atoms with E-state index in [0.717, 1.165) is 0 Å². The Morgan fingerprint density at radius 1 is 1.64 bits per heavy atom. The number of nitrogens with zero attached hydrogens (tertiary/aromatic N) is 1. The summed E-state index contributed by atoms with van der Waals surface area (Å²) in [5.41, 5.74) is 0.00721. The van der Waals surface area contributed by atoms with Gasteiger partial charge >= 0.3 is 0 Å². The molecular formula is C8H8ClNO4. The lowest BCUT2D eigenvalue weighted by atomic mass is 10.2. The van der Waals surface area contributed by atoms with Crippen molar-refractivity contribution in [1.29, 1.82) is 0 Å². The number of aliphatic hydroxyl groups excluding tert-OH is 1. The van der Waals surface area contributed by atoms with Gasteiger partial charge in [-0.15, -0.1) is 0 Å². The maximum absolute atomic E-state index is 10.5. The Morgan fingerprint density at radius 2 is 2.29 bits per heavy atom. The number of nitro benzene ring substituents is 1. The summed E-state index contributed by atoms with van der Waals surface area (Å²) >= 11 is 5.68. The van der Waals surface area contributed by atoms with E-state index in [9.17, 15) is 10.1 Å². The number of ether oxygens (including phenoxy) is 1. The average molecular weight is 218 g/mol. The van der Waals surface area contributed by atoms with Gasteiger partial charge in [-0.1, -0.05) is 11.6 Å². The molecule has 0 atom stereocenters. The highest BCUT2D eigenvalue weighted by molar-refractivity contribution is 6.33. The number of benzene rings is 1. The Hall–Kier alpha value is -1.33. The molecule has 14 heavy (non-hydrogen) atoms. The fraction of sp³-hybridized carbons (Fsp3) is 0.250. The highest BCUT2D eigenvalue weighted by Gasteiger charge is 2.17. The Bertz CT molecular complexity index is 367. The van der Waals surface area contributed by atoms with Gasteiger partial charge in [-0.3, -0.25) is 10.1 Å². The van der Waals surface area contributed by atoms with E-state index in [2.05, 4.69) is 0 Å². The second-order valence-electron chi connectivity index (χ2n) is 2.53. The van der Waals surface area contributed by atoms with Crippen LogP contribution in [0, 0.1) is 10.1 Å². The summed E-state index contributed by atoms with van der Waals surface area (Å²) in [5, 5.41) is 19.4. The highest BCUT2D eigenvalue weighted by Crippen LogP contribution is 2.32. The van der Waals surface area contributed by atoms with Gasteiger partial charge in [0.05, 0.1) is 24.7 Å². The van der Waals surface area contributed by atoms with Gasteiger partial charge in [-0.05, 0) is 6.07 Å². The van der Waals surface area contributed by atoms with Gasteiger partial charge in [0, 0.05) is 5.56 Å². The standard InChI is InChI=1S/C8H8ClNO4/c1-14-6-2-5(4-11)8(9)7(3-6)10(12)13/h2-3,11H,4H2,1H3. The van der Waals surface area contributed by atoms with Crippen LogP contribution in [0.3, 0.4) is 0 Å². The van der Waals surface area contributed by atoms with Crippen molar-refractivity contribution in [2.45, 2.75) is 6.61 Å². The van der Waals surface area contributed by atoms with E-state index >= 15 is 0 Å². The number of halogens is 1. The van der Waals surface area contributed by atoms with E-state index in [1.54, 1.807) is 0 Å². The molecule has 0 radical (unpaired) electrons. The molecule has 0 heterocycles. The molecule has 0 spiro atoms. The molecule has 0 saturated heterocycles. The van der Waals surface area contributed by atoms with Gasteiger partial charge in [0.25, 0.3) is 5.69 Å². The number of rotatable bonds is 3. The normalized spacial score (nSPS) is 9.93. The Kier molecular flexibility index (Phi) is 3.27. The molecule has 0 aliphatic heterocycles. The van der Waals surface area contributed by atoms with Crippen LogP contribution >= 0.6 is 11.6 Å². The molecule has 6 heteroatoms. The van der Waals surface area contributed by atoms with Crippen molar-refractivity contribution in [2.75, 3.05) is 7.11 Å². The lowest BCUT2D eigenvalue weighted by Gasteiger charge is -2.05. The van der Waals surface area contributed by atoms with Crippen LogP contribution in [0.4, 0.5) is 5.69 Å². The van der Waals surface area contributed by atoms with E-state index in [-0.39, 0.29) is 22.9 Å². The molecule has 0 fully saturated rings. The van der Waals surface area contributed by atoms with Crippen LogP contribution in [0.2, 0.25) is 5.02 Å². The molecule has 0 aliphatic rings. The molecule has 76 valence electrons. The van der Waals surface area contributed by atoms with Crippen molar-refractivity contribution in [3.05, 3.63) is 32.8 Å². The highest BCUT2D eigenvalue weighted by atomic mass is 35.5. The first kappa shape index (κ1) is 10.7. The number of hydrogen-bond donors (Lipinski definition) is 1. The van der Waals surface area contributed by atoms with Crippen molar-refractivity contribution >= 4 is 17.3 Å². The first-order valence-corrected chi connectivity index (χ1v) is 4.09. The van der Waals surface area contributed by atoms with Crippen LogP contribution in [0.1, 0.15) is 5.56 Å². The number of methoxy groups -OCH3 is 1. The van der Waals surface area contributed by atoms with E-state index in [1.165, 1.54) is 19.2 Å². The molecule has 0 aromatic heterocycles. The predicted octanol–water partition coefficient (Wildman–Crippen LogP) is 1.75. The third-order valence-electron chi connectivity index (χ3n) is 1.71. The minimum Gasteiger partial charge on any atom is -0.496 e. The lowest BCUT2D eigenvalue weighted by molar-refractivity contribution is -0.384. The molecule has 0 aliphatic carbocycles. The molecular weight excluding hydrogens is 210 g/mol.